The monoisotopic (exact) mass is 430 g/mol. The minimum absolute atomic E-state index is 0.00685. The predicted octanol–water partition coefficient (Wildman–Crippen LogP) is 4.78. The van der Waals surface area contributed by atoms with Crippen LogP contribution in [0.25, 0.3) is 22.2 Å². The summed E-state index contributed by atoms with van der Waals surface area (Å²) in [5.41, 5.74) is 5.58. The Labute approximate surface area is 183 Å². The number of rotatable bonds is 4. The number of hydrogen-bond donors (Lipinski definition) is 2. The minimum Gasteiger partial charge on any atom is -0.355 e. The highest BCUT2D eigenvalue weighted by Gasteiger charge is 2.28. The standard InChI is InChI=1S/C24H22N4O2S/c29-23(16-8-10-28(11-9-16)24(30)22-14-25-15-31-22)26-19-6-3-5-17(12-19)21-13-18-4-1-2-7-20(18)27-21/h1-7,12-16,27H,8-11H2,(H,26,29). The van der Waals surface area contributed by atoms with E-state index in [0.717, 1.165) is 27.8 Å². The van der Waals surface area contributed by atoms with Gasteiger partial charge in [-0.05, 0) is 37.1 Å². The Morgan fingerprint density at radius 3 is 2.68 bits per heavy atom. The molecule has 0 spiro atoms. The molecule has 0 radical (unpaired) electrons. The second-order valence-corrected chi connectivity index (χ2v) is 8.66. The molecule has 1 fully saturated rings. The van der Waals surface area contributed by atoms with Crippen molar-refractivity contribution in [2.75, 3.05) is 18.4 Å². The number of hydrogen-bond acceptors (Lipinski definition) is 4. The largest absolute Gasteiger partial charge is 0.355 e. The Balaban J connectivity index is 1.23. The molecule has 0 atom stereocenters. The molecule has 0 bridgehead atoms. The third-order valence-electron chi connectivity index (χ3n) is 5.77. The van der Waals surface area contributed by atoms with Crippen molar-refractivity contribution < 1.29 is 9.59 Å². The Morgan fingerprint density at radius 2 is 1.90 bits per heavy atom. The van der Waals surface area contributed by atoms with E-state index in [1.807, 2.05) is 41.3 Å². The molecule has 1 aliphatic heterocycles. The van der Waals surface area contributed by atoms with Crippen molar-refractivity contribution in [3.63, 3.8) is 0 Å². The number of likely N-dealkylation sites (tertiary alicyclic amines) is 1. The first-order valence-electron chi connectivity index (χ1n) is 10.3. The smallest absolute Gasteiger partial charge is 0.265 e. The van der Waals surface area contributed by atoms with Crippen molar-refractivity contribution in [3.05, 3.63) is 71.2 Å². The molecule has 31 heavy (non-hydrogen) atoms. The van der Waals surface area contributed by atoms with Crippen molar-refractivity contribution in [3.8, 4) is 11.3 Å². The number of anilines is 1. The molecule has 156 valence electrons. The zero-order valence-corrected chi connectivity index (χ0v) is 17.7. The SMILES string of the molecule is O=C(Nc1cccc(-c2cc3ccccc3[nH]2)c1)C1CCN(C(=O)c2cncs2)CC1. The summed E-state index contributed by atoms with van der Waals surface area (Å²) in [6.45, 7) is 1.17. The van der Waals surface area contributed by atoms with E-state index >= 15 is 0 Å². The minimum atomic E-state index is -0.0951. The molecule has 0 aliphatic carbocycles. The third-order valence-corrected chi connectivity index (χ3v) is 6.53. The average molecular weight is 431 g/mol. The van der Waals surface area contributed by atoms with Gasteiger partial charge in [0.25, 0.3) is 5.91 Å². The Kier molecular flexibility index (Phi) is 5.26. The van der Waals surface area contributed by atoms with E-state index in [-0.39, 0.29) is 17.7 Å². The molecule has 2 amide bonds. The van der Waals surface area contributed by atoms with Crippen molar-refractivity contribution >= 4 is 39.7 Å². The van der Waals surface area contributed by atoms with Gasteiger partial charge in [0.05, 0.1) is 11.7 Å². The van der Waals surface area contributed by atoms with Gasteiger partial charge in [0.2, 0.25) is 5.91 Å². The van der Waals surface area contributed by atoms with Gasteiger partial charge in [-0.2, -0.15) is 0 Å². The Bertz CT molecular complexity index is 1190. The van der Waals surface area contributed by atoms with Crippen LogP contribution in [-0.2, 0) is 4.79 Å². The lowest BCUT2D eigenvalue weighted by atomic mass is 9.95. The number of H-pyrrole nitrogens is 1. The van der Waals surface area contributed by atoms with Gasteiger partial charge in [0.15, 0.2) is 0 Å². The number of carbonyl (C=O) groups is 2. The first-order chi connectivity index (χ1) is 15.2. The number of carbonyl (C=O) groups excluding carboxylic acids is 2. The summed E-state index contributed by atoms with van der Waals surface area (Å²) in [6.07, 6.45) is 2.93. The van der Waals surface area contributed by atoms with Gasteiger partial charge < -0.3 is 15.2 Å². The van der Waals surface area contributed by atoms with E-state index in [4.69, 9.17) is 0 Å². The third kappa shape index (κ3) is 4.09. The van der Waals surface area contributed by atoms with Crippen molar-refractivity contribution in [1.82, 2.24) is 14.9 Å². The van der Waals surface area contributed by atoms with Crippen LogP contribution >= 0.6 is 11.3 Å². The lowest BCUT2D eigenvalue weighted by Crippen LogP contribution is -2.41. The number of aromatic nitrogens is 2. The van der Waals surface area contributed by atoms with E-state index in [2.05, 4.69) is 33.5 Å². The van der Waals surface area contributed by atoms with Gasteiger partial charge in [-0.3, -0.25) is 14.6 Å². The molecule has 3 heterocycles. The van der Waals surface area contributed by atoms with Crippen molar-refractivity contribution in [2.45, 2.75) is 12.8 Å². The van der Waals surface area contributed by atoms with Gasteiger partial charge in [-0.1, -0.05) is 30.3 Å². The summed E-state index contributed by atoms with van der Waals surface area (Å²) in [5.74, 6) is -0.0756. The fourth-order valence-corrected chi connectivity index (χ4v) is 4.65. The van der Waals surface area contributed by atoms with Gasteiger partial charge >= 0.3 is 0 Å². The van der Waals surface area contributed by atoms with E-state index in [0.29, 0.717) is 30.8 Å². The number of nitrogens with one attached hydrogen (secondary N) is 2. The molecule has 1 aliphatic rings. The molecule has 2 aromatic heterocycles. The molecule has 4 aromatic rings. The fraction of sp³-hybridized carbons (Fsp3) is 0.208. The van der Waals surface area contributed by atoms with E-state index in [9.17, 15) is 9.59 Å². The average Bonchev–Trinajstić information content (AvgIpc) is 3.49. The molecule has 2 N–H and O–H groups in total. The number of para-hydroxylation sites is 1. The van der Waals surface area contributed by atoms with E-state index < -0.39 is 0 Å². The molecule has 0 unspecified atom stereocenters. The number of benzene rings is 2. The van der Waals surface area contributed by atoms with Crippen LogP contribution in [-0.4, -0.2) is 39.8 Å². The van der Waals surface area contributed by atoms with Crippen LogP contribution in [0.5, 0.6) is 0 Å². The summed E-state index contributed by atoms with van der Waals surface area (Å²) in [6, 6.07) is 18.2. The second kappa shape index (κ2) is 8.35. The molecular weight excluding hydrogens is 408 g/mol. The normalized spacial score (nSPS) is 14.6. The number of aromatic amines is 1. The maximum atomic E-state index is 12.8. The highest BCUT2D eigenvalue weighted by atomic mass is 32.1. The van der Waals surface area contributed by atoms with E-state index in [1.54, 1.807) is 11.7 Å². The second-order valence-electron chi connectivity index (χ2n) is 7.77. The lowest BCUT2D eigenvalue weighted by Gasteiger charge is -2.31. The summed E-state index contributed by atoms with van der Waals surface area (Å²) < 4.78 is 0. The zero-order chi connectivity index (χ0) is 21.2. The fourth-order valence-electron chi connectivity index (χ4n) is 4.06. The maximum absolute atomic E-state index is 12.8. The first kappa shape index (κ1) is 19.5. The topological polar surface area (TPSA) is 78.1 Å². The Hall–Kier alpha value is -3.45. The molecule has 6 nitrogen and oxygen atoms in total. The molecule has 5 rings (SSSR count). The Morgan fingerprint density at radius 1 is 1.06 bits per heavy atom. The number of amides is 2. The molecule has 0 saturated carbocycles. The summed E-state index contributed by atoms with van der Waals surface area (Å²) in [5, 5.41) is 4.22. The highest BCUT2D eigenvalue weighted by Crippen LogP contribution is 2.27. The van der Waals surface area contributed by atoms with Gasteiger partial charge in [0, 0.05) is 46.9 Å². The number of nitrogens with zero attached hydrogens (tertiary/aromatic N) is 2. The van der Waals surface area contributed by atoms with Gasteiger partial charge in [0.1, 0.15) is 4.88 Å². The van der Waals surface area contributed by atoms with Crippen molar-refractivity contribution in [1.29, 1.82) is 0 Å². The summed E-state index contributed by atoms with van der Waals surface area (Å²) in [4.78, 5) is 35.2. The lowest BCUT2D eigenvalue weighted by molar-refractivity contribution is -0.121. The maximum Gasteiger partial charge on any atom is 0.265 e. The van der Waals surface area contributed by atoms with Gasteiger partial charge in [-0.15, -0.1) is 11.3 Å². The zero-order valence-electron chi connectivity index (χ0n) is 16.9. The summed E-state index contributed by atoms with van der Waals surface area (Å²) >= 11 is 1.35. The van der Waals surface area contributed by atoms with Crippen LogP contribution in [0.4, 0.5) is 5.69 Å². The van der Waals surface area contributed by atoms with Crippen LogP contribution in [0.3, 0.4) is 0 Å². The summed E-state index contributed by atoms with van der Waals surface area (Å²) in [7, 11) is 0. The van der Waals surface area contributed by atoms with E-state index in [1.165, 1.54) is 11.3 Å². The molecular formula is C24H22N4O2S. The molecule has 7 heteroatoms. The predicted molar refractivity (Wildman–Crippen MR) is 123 cm³/mol. The van der Waals surface area contributed by atoms with Crippen LogP contribution in [0.2, 0.25) is 0 Å². The molecule has 2 aromatic carbocycles. The number of thiazole rings is 1. The van der Waals surface area contributed by atoms with Crippen LogP contribution in [0.15, 0.2) is 66.3 Å². The molecule has 1 saturated heterocycles. The highest BCUT2D eigenvalue weighted by molar-refractivity contribution is 7.11. The van der Waals surface area contributed by atoms with Gasteiger partial charge in [-0.25, -0.2) is 0 Å². The number of piperidine rings is 1. The quantitative estimate of drug-likeness (QED) is 0.489. The number of fused-ring (bicyclic) bond motifs is 1. The van der Waals surface area contributed by atoms with Crippen LogP contribution in [0, 0.1) is 5.92 Å². The first-order valence-corrected chi connectivity index (χ1v) is 11.2. The van der Waals surface area contributed by atoms with Crippen LogP contribution < -0.4 is 5.32 Å². The van der Waals surface area contributed by atoms with Crippen LogP contribution in [0.1, 0.15) is 22.5 Å². The van der Waals surface area contributed by atoms with Crippen molar-refractivity contribution in [2.24, 2.45) is 5.92 Å².